The van der Waals surface area contributed by atoms with Gasteiger partial charge in [-0.1, -0.05) is 0 Å². The van der Waals surface area contributed by atoms with Crippen LogP contribution >= 0.6 is 0 Å². The highest BCUT2D eigenvalue weighted by molar-refractivity contribution is 5.23. The quantitative estimate of drug-likeness (QED) is 0.601. The maximum Gasteiger partial charge on any atom is 0.351 e. The zero-order valence-corrected chi connectivity index (χ0v) is 8.73. The second kappa shape index (κ2) is 4.40. The van der Waals surface area contributed by atoms with Gasteiger partial charge in [-0.3, -0.25) is 4.57 Å². The van der Waals surface area contributed by atoms with Gasteiger partial charge in [0, 0.05) is 12.6 Å². The molecule has 0 unspecified atom stereocenters. The van der Waals surface area contributed by atoms with E-state index in [1.54, 1.807) is 0 Å². The number of hydrogen-bond donors (Lipinski definition) is 3. The number of aliphatic hydroxyl groups excluding tert-OH is 2. The Hall–Kier alpha value is -1.51. The summed E-state index contributed by atoms with van der Waals surface area (Å²) in [5.74, 6) is 0.0619. The van der Waals surface area contributed by atoms with Crippen LogP contribution in [0.3, 0.4) is 0 Å². The number of aliphatic hydroxyl groups is 2. The number of nitrogen functional groups attached to an aromatic ring is 1. The summed E-state index contributed by atoms with van der Waals surface area (Å²) in [4.78, 5) is 14.9. The molecule has 4 atom stereocenters. The fourth-order valence-electron chi connectivity index (χ4n) is 1.74. The van der Waals surface area contributed by atoms with Crippen molar-refractivity contribution in [3.8, 4) is 0 Å². The molecule has 1 fully saturated rings. The highest BCUT2D eigenvalue weighted by Crippen LogP contribution is 2.29. The molecular weight excluding hydrogens is 233 g/mol. The Kier molecular flexibility index (Phi) is 3.09. The van der Waals surface area contributed by atoms with E-state index in [9.17, 15) is 14.3 Å². The smallest absolute Gasteiger partial charge is 0.351 e. The van der Waals surface area contributed by atoms with Crippen molar-refractivity contribution in [3.63, 3.8) is 0 Å². The van der Waals surface area contributed by atoms with Crippen molar-refractivity contribution in [1.82, 2.24) is 9.55 Å². The van der Waals surface area contributed by atoms with Crippen LogP contribution in [0.25, 0.3) is 0 Å². The summed E-state index contributed by atoms with van der Waals surface area (Å²) < 4.78 is 18.8. The minimum Gasteiger partial charge on any atom is -0.390 e. The normalized spacial score (nSPS) is 30.4. The molecule has 1 saturated heterocycles. The maximum absolute atomic E-state index is 12.7. The molecule has 0 radical (unpaired) electrons. The Morgan fingerprint density at radius 3 is 2.94 bits per heavy atom. The topological polar surface area (TPSA) is 111 Å². The minimum atomic E-state index is -2.30. The lowest BCUT2D eigenvalue weighted by Gasteiger charge is -2.15. The Morgan fingerprint density at radius 1 is 1.71 bits per heavy atom. The van der Waals surface area contributed by atoms with Crippen LogP contribution in [0.15, 0.2) is 17.1 Å². The SMILES string of the molecule is Nc1ccn([C@H]2C[C@H](O)[C@@H]([C@@H](O)F)O2)c(=O)n1. The number of nitrogens with zero attached hydrogens (tertiary/aromatic N) is 2. The summed E-state index contributed by atoms with van der Waals surface area (Å²) >= 11 is 0. The second-order valence-electron chi connectivity index (χ2n) is 3.77. The molecule has 0 amide bonds. The number of halogens is 1. The van der Waals surface area contributed by atoms with Gasteiger partial charge in [0.1, 0.15) is 18.1 Å². The molecule has 2 heterocycles. The van der Waals surface area contributed by atoms with Crippen LogP contribution in [0.2, 0.25) is 0 Å². The first-order valence-electron chi connectivity index (χ1n) is 4.99. The summed E-state index contributed by atoms with van der Waals surface area (Å²) in [6.07, 6.45) is -4.35. The van der Waals surface area contributed by atoms with Crippen molar-refractivity contribution in [2.24, 2.45) is 0 Å². The fourth-order valence-corrected chi connectivity index (χ4v) is 1.74. The van der Waals surface area contributed by atoms with E-state index in [1.165, 1.54) is 12.3 Å². The lowest BCUT2D eigenvalue weighted by molar-refractivity contribution is -0.130. The van der Waals surface area contributed by atoms with Crippen molar-refractivity contribution >= 4 is 5.82 Å². The average molecular weight is 245 g/mol. The molecule has 94 valence electrons. The Balaban J connectivity index is 2.23. The number of anilines is 1. The lowest BCUT2D eigenvalue weighted by Crippen LogP contribution is -2.31. The van der Waals surface area contributed by atoms with Gasteiger partial charge in [0.2, 0.25) is 6.36 Å². The second-order valence-corrected chi connectivity index (χ2v) is 3.77. The number of ether oxygens (including phenoxy) is 1. The molecule has 0 bridgehead atoms. The third-order valence-electron chi connectivity index (χ3n) is 2.57. The van der Waals surface area contributed by atoms with Gasteiger partial charge in [-0.2, -0.15) is 4.98 Å². The van der Waals surface area contributed by atoms with Gasteiger partial charge >= 0.3 is 5.69 Å². The van der Waals surface area contributed by atoms with Crippen molar-refractivity contribution in [3.05, 3.63) is 22.7 Å². The average Bonchev–Trinajstić information content (AvgIpc) is 2.60. The van der Waals surface area contributed by atoms with Crippen molar-refractivity contribution in [2.75, 3.05) is 5.73 Å². The number of rotatable bonds is 2. The van der Waals surface area contributed by atoms with Gasteiger partial charge in [0.25, 0.3) is 0 Å². The third-order valence-corrected chi connectivity index (χ3v) is 2.57. The molecule has 1 aromatic heterocycles. The van der Waals surface area contributed by atoms with Crippen LogP contribution in [-0.2, 0) is 4.74 Å². The first-order valence-corrected chi connectivity index (χ1v) is 4.99. The van der Waals surface area contributed by atoms with Gasteiger partial charge in [-0.15, -0.1) is 0 Å². The van der Waals surface area contributed by atoms with E-state index in [4.69, 9.17) is 15.6 Å². The Labute approximate surface area is 95.3 Å². The molecule has 7 nitrogen and oxygen atoms in total. The van der Waals surface area contributed by atoms with Gasteiger partial charge in [-0.25, -0.2) is 9.18 Å². The summed E-state index contributed by atoms with van der Waals surface area (Å²) in [7, 11) is 0. The van der Waals surface area contributed by atoms with Gasteiger partial charge in [-0.05, 0) is 6.07 Å². The maximum atomic E-state index is 12.7. The number of hydrogen-bond acceptors (Lipinski definition) is 6. The van der Waals surface area contributed by atoms with Crippen LogP contribution in [-0.4, -0.2) is 38.3 Å². The third kappa shape index (κ3) is 2.28. The highest BCUT2D eigenvalue weighted by Gasteiger charge is 2.40. The molecule has 4 N–H and O–H groups in total. The van der Waals surface area contributed by atoms with Crippen molar-refractivity contribution in [2.45, 2.75) is 31.2 Å². The molecular formula is C9H12FN3O4. The molecule has 1 aromatic rings. The molecule has 1 aliphatic rings. The predicted molar refractivity (Wildman–Crippen MR) is 54.6 cm³/mol. The highest BCUT2D eigenvalue weighted by atomic mass is 19.1. The van der Waals surface area contributed by atoms with Crippen LogP contribution in [0.5, 0.6) is 0 Å². The summed E-state index contributed by atoms with van der Waals surface area (Å²) in [5, 5.41) is 18.2. The van der Waals surface area contributed by atoms with E-state index in [0.29, 0.717) is 0 Å². The molecule has 0 saturated carbocycles. The van der Waals surface area contributed by atoms with E-state index in [-0.39, 0.29) is 12.2 Å². The zero-order chi connectivity index (χ0) is 12.6. The fraction of sp³-hybridized carbons (Fsp3) is 0.556. The van der Waals surface area contributed by atoms with Crippen LogP contribution in [0.1, 0.15) is 12.6 Å². The molecule has 2 rings (SSSR count). The molecule has 0 aliphatic carbocycles. The van der Waals surface area contributed by atoms with Crippen LogP contribution in [0.4, 0.5) is 10.2 Å². The molecule has 17 heavy (non-hydrogen) atoms. The summed E-state index contributed by atoms with van der Waals surface area (Å²) in [6.45, 7) is 0. The number of alkyl halides is 1. The monoisotopic (exact) mass is 245 g/mol. The van der Waals surface area contributed by atoms with Gasteiger partial charge in [0.05, 0.1) is 6.10 Å². The summed E-state index contributed by atoms with van der Waals surface area (Å²) in [5.41, 5.74) is 4.66. The number of nitrogens with two attached hydrogens (primary N) is 1. The van der Waals surface area contributed by atoms with Crippen molar-refractivity contribution in [1.29, 1.82) is 0 Å². The van der Waals surface area contributed by atoms with Gasteiger partial charge in [0.15, 0.2) is 0 Å². The van der Waals surface area contributed by atoms with Crippen LogP contribution in [0, 0.1) is 0 Å². The van der Waals surface area contributed by atoms with E-state index < -0.39 is 30.5 Å². The zero-order valence-electron chi connectivity index (χ0n) is 8.73. The predicted octanol–water partition coefficient (Wildman–Crippen LogP) is -1.24. The molecule has 1 aliphatic heterocycles. The van der Waals surface area contributed by atoms with E-state index >= 15 is 0 Å². The first kappa shape index (κ1) is 12.0. The van der Waals surface area contributed by atoms with Crippen molar-refractivity contribution < 1.29 is 19.3 Å². The Bertz CT molecular complexity index is 464. The minimum absolute atomic E-state index is 0.00283. The van der Waals surface area contributed by atoms with Crippen LogP contribution < -0.4 is 11.4 Å². The van der Waals surface area contributed by atoms with Gasteiger partial charge < -0.3 is 20.7 Å². The summed E-state index contributed by atoms with van der Waals surface area (Å²) in [6, 6.07) is 1.39. The first-order chi connectivity index (χ1) is 7.99. The molecule has 0 aromatic carbocycles. The molecule has 0 spiro atoms. The standard InChI is InChI=1S/C9H12FN3O4/c10-8(15)7-4(14)3-6(17-7)13-2-1-5(11)12-9(13)16/h1-2,4,6-8,14-15H,3H2,(H2,11,12,16)/t4-,6+,7-,8+/m0/s1. The number of aromatic nitrogens is 2. The largest absolute Gasteiger partial charge is 0.390 e. The van der Waals surface area contributed by atoms with E-state index in [0.717, 1.165) is 4.57 Å². The van der Waals surface area contributed by atoms with E-state index in [2.05, 4.69) is 4.98 Å². The Morgan fingerprint density at radius 2 is 2.41 bits per heavy atom. The molecule has 8 heteroatoms. The lowest BCUT2D eigenvalue weighted by atomic mass is 10.2. The van der Waals surface area contributed by atoms with E-state index in [1.807, 2.05) is 0 Å².